The van der Waals surface area contributed by atoms with E-state index in [0.717, 1.165) is 12.8 Å². The number of Topliss-reactive ketones (excluding diaryl/α,β-unsaturated/α-hetero) is 1. The van der Waals surface area contributed by atoms with E-state index in [9.17, 15) is 29.7 Å². The molecule has 10 atom stereocenters. The van der Waals surface area contributed by atoms with Gasteiger partial charge in [0, 0.05) is 40.7 Å². The number of fused-ring (bicyclic) bond motifs is 3. The minimum atomic E-state index is -1.64. The molecule has 1 aromatic carbocycles. The highest BCUT2D eigenvalue weighted by Crippen LogP contribution is 2.89. The molecule has 0 aromatic heterocycles. The maximum atomic E-state index is 14.0. The van der Waals surface area contributed by atoms with Gasteiger partial charge in [0.1, 0.15) is 6.10 Å². The van der Waals surface area contributed by atoms with Crippen LogP contribution < -0.4 is 0 Å². The van der Waals surface area contributed by atoms with Crippen LogP contribution in [0.4, 0.5) is 0 Å². The Morgan fingerprint density at radius 2 is 1.80 bits per heavy atom. The lowest BCUT2D eigenvalue weighted by atomic mass is 9.38. The summed E-state index contributed by atoms with van der Waals surface area (Å²) in [4.78, 5) is 40.5. The van der Waals surface area contributed by atoms with E-state index in [1.165, 1.54) is 6.08 Å². The number of allylic oxidation sites excluding steroid dienone is 4. The third kappa shape index (κ3) is 3.78. The molecule has 7 nitrogen and oxygen atoms in total. The van der Waals surface area contributed by atoms with Gasteiger partial charge in [0.05, 0.1) is 12.7 Å². The average Bonchev–Trinajstić information content (AvgIpc) is 3.43. The van der Waals surface area contributed by atoms with E-state index in [-0.39, 0.29) is 47.8 Å². The zero-order chi connectivity index (χ0) is 32.4. The number of ether oxygens (including phenoxy) is 1. The fraction of sp³-hybridized carbons (Fsp3) is 0.605. The largest absolute Gasteiger partial charge is 0.456 e. The Morgan fingerprint density at radius 3 is 2.49 bits per heavy atom. The molecular weight excluding hydrogens is 568 g/mol. The molecule has 4 saturated carbocycles. The number of carbonyl (C=O) groups is 3. The van der Waals surface area contributed by atoms with Gasteiger partial charge in [-0.1, -0.05) is 70.2 Å². The summed E-state index contributed by atoms with van der Waals surface area (Å²) in [6, 6.07) is 9.01. The highest BCUT2D eigenvalue weighted by molar-refractivity contribution is 6.11. The van der Waals surface area contributed by atoms with Crippen LogP contribution in [0.3, 0.4) is 0 Å². The number of carbonyl (C=O) groups excluding carboxylic acids is 3. The summed E-state index contributed by atoms with van der Waals surface area (Å²) in [6.45, 7) is 10.1. The number of hydrogen-bond donors (Lipinski definition) is 3. The van der Waals surface area contributed by atoms with Crippen molar-refractivity contribution in [3.63, 3.8) is 0 Å². The van der Waals surface area contributed by atoms with Crippen molar-refractivity contribution in [3.8, 4) is 0 Å². The van der Waals surface area contributed by atoms with E-state index in [1.807, 2.05) is 18.2 Å². The topological polar surface area (TPSA) is 121 Å². The van der Waals surface area contributed by atoms with Crippen molar-refractivity contribution in [2.24, 2.45) is 44.8 Å². The maximum Gasteiger partial charge on any atom is 0.339 e. The number of cyclic esters (lactones) is 1. The summed E-state index contributed by atoms with van der Waals surface area (Å²) in [5.41, 5.74) is -2.21. The molecule has 0 unspecified atom stereocenters. The molecule has 1 aliphatic heterocycles. The predicted molar refractivity (Wildman–Crippen MR) is 168 cm³/mol. The Kier molecular flexibility index (Phi) is 6.55. The summed E-state index contributed by atoms with van der Waals surface area (Å²) < 4.78 is 5.63. The van der Waals surface area contributed by atoms with Crippen LogP contribution in [0.15, 0.2) is 65.8 Å². The normalized spacial score (nSPS) is 47.1. The molecule has 240 valence electrons. The van der Waals surface area contributed by atoms with Crippen molar-refractivity contribution in [2.45, 2.75) is 91.0 Å². The van der Waals surface area contributed by atoms with Gasteiger partial charge in [-0.25, -0.2) is 4.79 Å². The van der Waals surface area contributed by atoms with Crippen molar-refractivity contribution in [3.05, 3.63) is 71.3 Å². The smallest absolute Gasteiger partial charge is 0.339 e. The van der Waals surface area contributed by atoms with E-state index in [0.29, 0.717) is 36.0 Å². The van der Waals surface area contributed by atoms with Crippen molar-refractivity contribution >= 4 is 17.5 Å². The van der Waals surface area contributed by atoms with E-state index >= 15 is 0 Å². The van der Waals surface area contributed by atoms with Crippen LogP contribution in [-0.2, 0) is 14.3 Å². The lowest BCUT2D eigenvalue weighted by molar-refractivity contribution is -0.192. The number of ketones is 2. The molecule has 0 amide bonds. The van der Waals surface area contributed by atoms with Gasteiger partial charge in [-0.3, -0.25) is 9.59 Å². The first-order valence-corrected chi connectivity index (χ1v) is 16.5. The highest BCUT2D eigenvalue weighted by Gasteiger charge is 2.86. The fourth-order valence-corrected chi connectivity index (χ4v) is 11.8. The number of aliphatic hydroxyl groups excluding tert-OH is 2. The van der Waals surface area contributed by atoms with Crippen LogP contribution >= 0.6 is 0 Å². The Morgan fingerprint density at radius 1 is 1.09 bits per heavy atom. The molecule has 1 aromatic rings. The molecule has 1 heterocycles. The highest BCUT2D eigenvalue weighted by atomic mass is 16.6. The van der Waals surface area contributed by atoms with E-state index in [4.69, 9.17) is 4.74 Å². The molecule has 7 heteroatoms. The van der Waals surface area contributed by atoms with E-state index < -0.39 is 45.4 Å². The zero-order valence-electron chi connectivity index (χ0n) is 27.0. The molecule has 0 spiro atoms. The molecule has 6 aliphatic rings. The monoisotopic (exact) mass is 614 g/mol. The molecule has 45 heavy (non-hydrogen) atoms. The van der Waals surface area contributed by atoms with Gasteiger partial charge >= 0.3 is 5.97 Å². The van der Waals surface area contributed by atoms with Crippen molar-refractivity contribution in [2.75, 3.05) is 6.61 Å². The minimum Gasteiger partial charge on any atom is -0.456 e. The van der Waals surface area contributed by atoms with Crippen LogP contribution in [0, 0.1) is 44.8 Å². The number of esters is 1. The number of rotatable bonds is 5. The summed E-state index contributed by atoms with van der Waals surface area (Å²) in [5, 5.41) is 33.7. The Balaban J connectivity index is 1.24. The van der Waals surface area contributed by atoms with Crippen molar-refractivity contribution in [1.82, 2.24) is 0 Å². The second-order valence-electron chi connectivity index (χ2n) is 16.2. The van der Waals surface area contributed by atoms with Crippen LogP contribution in [0.5, 0.6) is 0 Å². The summed E-state index contributed by atoms with van der Waals surface area (Å²) in [5.74, 6) is -1.25. The molecule has 5 fully saturated rings. The lowest BCUT2D eigenvalue weighted by Gasteiger charge is -2.66. The quantitative estimate of drug-likeness (QED) is 0.182. The molecule has 3 N–H and O–H groups in total. The molecular formula is C38H46O7. The van der Waals surface area contributed by atoms with Gasteiger partial charge in [0.15, 0.2) is 17.2 Å². The third-order valence-electron chi connectivity index (χ3n) is 13.9. The SMILES string of the molecule is C/C(=C\[C@H]1C[C@@](O)([C@@H]2CC[C@]34C[C@]23C=C[C@@H]2[C@@]3(C)CC(=O)/C(=C\C(=O)c5ccccc5)C(C)(C)[C@@H]3C[C@@H](O)[C@]24C)C(=O)O1)CO. The molecule has 0 radical (unpaired) electrons. The second-order valence-corrected chi connectivity index (χ2v) is 16.2. The number of hydrogen-bond acceptors (Lipinski definition) is 7. The second kappa shape index (κ2) is 9.58. The zero-order valence-corrected chi connectivity index (χ0v) is 27.0. The predicted octanol–water partition coefficient (Wildman–Crippen LogP) is 5.15. The fourth-order valence-electron chi connectivity index (χ4n) is 11.8. The molecule has 1 saturated heterocycles. The van der Waals surface area contributed by atoms with Crippen molar-refractivity contribution < 1.29 is 34.4 Å². The van der Waals surface area contributed by atoms with Gasteiger partial charge in [-0.15, -0.1) is 0 Å². The van der Waals surface area contributed by atoms with E-state index in [1.54, 1.807) is 25.1 Å². The van der Waals surface area contributed by atoms with E-state index in [2.05, 4.69) is 39.8 Å². The molecule has 7 rings (SSSR count). The van der Waals surface area contributed by atoms with Gasteiger partial charge in [0.25, 0.3) is 0 Å². The standard InChI is InChI=1S/C38H46O7/c1-22(20-39)15-24-18-38(44,32(43)45-24)29-12-14-37-21-36(29,37)13-11-28-34(4)19-27(41)25(16-26(40)23-9-7-6-8-10-23)33(2,3)30(34)17-31(42)35(28,37)5/h6-11,13,15-16,24,28-31,39,42,44H,12,14,17-21H2,1-5H3/b22-15+,25-16+/t24-,28+,29+,30-,31+,34+,35-,36+,37+,38+/m0/s1. The Hall–Kier alpha value is -2.87. The minimum absolute atomic E-state index is 0.00937. The first kappa shape index (κ1) is 30.8. The van der Waals surface area contributed by atoms with Crippen LogP contribution in [-0.4, -0.2) is 57.3 Å². The van der Waals surface area contributed by atoms with Crippen LogP contribution in [0.2, 0.25) is 0 Å². The first-order valence-electron chi connectivity index (χ1n) is 16.5. The Labute approximate surface area is 265 Å². The van der Waals surface area contributed by atoms with Gasteiger partial charge in [-0.05, 0) is 78.4 Å². The summed E-state index contributed by atoms with van der Waals surface area (Å²) in [6.07, 6.45) is 9.64. The third-order valence-corrected chi connectivity index (χ3v) is 13.9. The average molecular weight is 615 g/mol. The lowest BCUT2D eigenvalue weighted by Crippen LogP contribution is -2.65. The van der Waals surface area contributed by atoms with Crippen LogP contribution in [0.25, 0.3) is 0 Å². The Bertz CT molecular complexity index is 1570. The summed E-state index contributed by atoms with van der Waals surface area (Å²) in [7, 11) is 0. The number of aliphatic hydroxyl groups is 3. The maximum absolute atomic E-state index is 14.0. The summed E-state index contributed by atoms with van der Waals surface area (Å²) >= 11 is 0. The van der Waals surface area contributed by atoms with Crippen molar-refractivity contribution in [1.29, 1.82) is 0 Å². The van der Waals surface area contributed by atoms with Gasteiger partial charge in [-0.2, -0.15) is 0 Å². The molecule has 5 aliphatic carbocycles. The van der Waals surface area contributed by atoms with Crippen LogP contribution in [0.1, 0.15) is 83.5 Å². The van der Waals surface area contributed by atoms with Gasteiger partial charge < -0.3 is 20.1 Å². The number of benzene rings is 1. The first-order chi connectivity index (χ1) is 21.1. The van der Waals surface area contributed by atoms with Gasteiger partial charge in [0.2, 0.25) is 0 Å². The molecule has 0 bridgehead atoms.